The van der Waals surface area contributed by atoms with Gasteiger partial charge in [0.15, 0.2) is 35.5 Å². The van der Waals surface area contributed by atoms with E-state index in [2.05, 4.69) is 16.0 Å². The van der Waals surface area contributed by atoms with E-state index in [1.165, 1.54) is 19.2 Å². The largest absolute Gasteiger partial charge is 0.370 e. The first-order chi connectivity index (χ1) is 19.2. The number of allylic oxidation sites excluding steroid dienone is 1. The van der Waals surface area contributed by atoms with Crippen molar-refractivity contribution in [1.29, 1.82) is 0 Å². The van der Waals surface area contributed by atoms with Gasteiger partial charge < -0.3 is 43.8 Å². The minimum Gasteiger partial charge on any atom is -0.370 e. The third-order valence-corrected chi connectivity index (χ3v) is 6.39. The molecule has 1 aliphatic rings. The number of hydrogen-bond acceptors (Lipinski definition) is 11. The average molecular weight is 581 g/mol. The standard InChI is InChI=1S/C25H40N8O8/c1-12(2)17(29)22(38)19-25(41)33(20(14(34)11-26)24(40)30-3)10-6-4-5-7-16(36)31-18(23(39)32-19)21(37)13(27)8-9-15(28)35/h4,6,12-13,17-20H,5,7-11,26-27,29H2,1-3H3,(H2,28,35)(H,30,40)(H,31,36)(H,32,39)/b6-4-/t13-,17-,18?,19?,20?/m0/s1. The summed E-state index contributed by atoms with van der Waals surface area (Å²) in [7, 11) is 1.23. The lowest BCUT2D eigenvalue weighted by Crippen LogP contribution is -2.65. The van der Waals surface area contributed by atoms with E-state index in [9.17, 15) is 38.4 Å². The van der Waals surface area contributed by atoms with Crippen LogP contribution in [0.5, 0.6) is 0 Å². The number of nitrogens with two attached hydrogens (primary N) is 4. The Bertz CT molecular complexity index is 1060. The fourth-order valence-electron chi connectivity index (χ4n) is 3.87. The molecule has 0 aliphatic carbocycles. The first kappa shape index (κ1) is 35.0. The van der Waals surface area contributed by atoms with Gasteiger partial charge >= 0.3 is 0 Å². The molecule has 11 N–H and O–H groups in total. The molecule has 5 atom stereocenters. The normalized spacial score (nSPS) is 21.6. The number of hydrogen-bond donors (Lipinski definition) is 7. The molecule has 0 aromatic rings. The topological polar surface area (TPSA) is 280 Å². The van der Waals surface area contributed by atoms with Crippen LogP contribution in [0.4, 0.5) is 0 Å². The molecule has 16 heteroatoms. The van der Waals surface area contributed by atoms with Gasteiger partial charge in [-0.2, -0.15) is 0 Å². The Morgan fingerprint density at radius 1 is 1.02 bits per heavy atom. The lowest BCUT2D eigenvalue weighted by atomic mass is 9.94. The lowest BCUT2D eigenvalue weighted by Gasteiger charge is -2.33. The van der Waals surface area contributed by atoms with Crippen LogP contribution in [0.1, 0.15) is 39.5 Å². The fraction of sp³-hybridized carbons (Fsp3) is 0.600. The molecule has 0 bridgehead atoms. The molecular formula is C25H40N8O8. The summed E-state index contributed by atoms with van der Waals surface area (Å²) < 4.78 is 0. The van der Waals surface area contributed by atoms with Gasteiger partial charge in [-0.15, -0.1) is 0 Å². The second-order valence-corrected chi connectivity index (χ2v) is 9.82. The van der Waals surface area contributed by atoms with Gasteiger partial charge in [-0.25, -0.2) is 0 Å². The van der Waals surface area contributed by atoms with Crippen molar-refractivity contribution in [3.05, 3.63) is 12.2 Å². The molecule has 1 aliphatic heterocycles. The highest BCUT2D eigenvalue weighted by Crippen LogP contribution is 2.12. The highest BCUT2D eigenvalue weighted by molar-refractivity contribution is 6.16. The maximum absolute atomic E-state index is 13.9. The Labute approximate surface area is 237 Å². The fourth-order valence-corrected chi connectivity index (χ4v) is 3.87. The van der Waals surface area contributed by atoms with Crippen LogP contribution in [0.2, 0.25) is 0 Å². The van der Waals surface area contributed by atoms with Gasteiger partial charge in [0.1, 0.15) is 0 Å². The summed E-state index contributed by atoms with van der Waals surface area (Å²) in [6, 6.07) is -8.49. The summed E-state index contributed by atoms with van der Waals surface area (Å²) in [5.41, 5.74) is 22.5. The van der Waals surface area contributed by atoms with Gasteiger partial charge in [0, 0.05) is 26.4 Å². The van der Waals surface area contributed by atoms with Crippen LogP contribution in [0, 0.1) is 5.92 Å². The van der Waals surface area contributed by atoms with Crippen molar-refractivity contribution >= 4 is 46.9 Å². The molecule has 0 aromatic heterocycles. The Morgan fingerprint density at radius 3 is 2.20 bits per heavy atom. The molecule has 1 rings (SSSR count). The van der Waals surface area contributed by atoms with Crippen LogP contribution < -0.4 is 38.9 Å². The maximum Gasteiger partial charge on any atom is 0.254 e. The van der Waals surface area contributed by atoms with Crippen molar-refractivity contribution in [1.82, 2.24) is 20.9 Å². The highest BCUT2D eigenvalue weighted by Gasteiger charge is 2.43. The second kappa shape index (κ2) is 16.3. The van der Waals surface area contributed by atoms with E-state index in [-0.39, 0.29) is 32.2 Å². The number of carbonyl (C=O) groups is 8. The molecule has 3 unspecified atom stereocenters. The smallest absolute Gasteiger partial charge is 0.254 e. The third kappa shape index (κ3) is 9.84. The SMILES string of the molecule is CNC(=O)C(C(=O)CN)N1C/C=C\CCC(=O)NC(C(=O)[C@@H](N)CCC(N)=O)C(=O)NC(C(=O)[C@@H](N)C(C)C)C1=O. The molecular weight excluding hydrogens is 540 g/mol. The predicted octanol–water partition coefficient (Wildman–Crippen LogP) is -4.51. The van der Waals surface area contributed by atoms with Crippen molar-refractivity contribution in [3.63, 3.8) is 0 Å². The third-order valence-electron chi connectivity index (χ3n) is 6.39. The highest BCUT2D eigenvalue weighted by atomic mass is 16.2. The van der Waals surface area contributed by atoms with Gasteiger partial charge in [0.25, 0.3) is 11.8 Å². The van der Waals surface area contributed by atoms with Crippen LogP contribution >= 0.6 is 0 Å². The number of carbonyl (C=O) groups excluding carboxylic acids is 8. The summed E-state index contributed by atoms with van der Waals surface area (Å²) in [4.78, 5) is 104. The van der Waals surface area contributed by atoms with Gasteiger partial charge in [0.2, 0.25) is 17.7 Å². The number of primary amides is 1. The van der Waals surface area contributed by atoms with Gasteiger partial charge in [0.05, 0.1) is 18.6 Å². The molecule has 0 aromatic carbocycles. The molecule has 5 amide bonds. The first-order valence-corrected chi connectivity index (χ1v) is 13.0. The summed E-state index contributed by atoms with van der Waals surface area (Å²) in [6.07, 6.45) is 2.25. The molecule has 41 heavy (non-hydrogen) atoms. The number of rotatable bonds is 12. The number of likely N-dealkylation sites (N-methyl/N-ethyl adjacent to an activating group) is 1. The van der Waals surface area contributed by atoms with Crippen LogP contribution in [0.25, 0.3) is 0 Å². The molecule has 16 nitrogen and oxygen atoms in total. The van der Waals surface area contributed by atoms with E-state index in [1.807, 2.05) is 0 Å². The molecule has 0 saturated heterocycles. The molecule has 1 heterocycles. The van der Waals surface area contributed by atoms with E-state index in [1.54, 1.807) is 13.8 Å². The van der Waals surface area contributed by atoms with E-state index < -0.39 is 89.6 Å². The van der Waals surface area contributed by atoms with E-state index in [0.29, 0.717) is 0 Å². The van der Waals surface area contributed by atoms with E-state index in [0.717, 1.165) is 4.90 Å². The molecule has 0 fully saturated rings. The summed E-state index contributed by atoms with van der Waals surface area (Å²) in [5, 5.41) is 6.70. The predicted molar refractivity (Wildman–Crippen MR) is 145 cm³/mol. The summed E-state index contributed by atoms with van der Waals surface area (Å²) >= 11 is 0. The number of amides is 5. The zero-order chi connectivity index (χ0) is 31.4. The maximum atomic E-state index is 13.9. The quantitative estimate of drug-likeness (QED) is 0.0852. The molecule has 0 saturated carbocycles. The van der Waals surface area contributed by atoms with E-state index >= 15 is 0 Å². The van der Waals surface area contributed by atoms with Crippen molar-refractivity contribution in [2.45, 2.75) is 69.7 Å². The number of ketones is 3. The Morgan fingerprint density at radius 2 is 1.66 bits per heavy atom. The first-order valence-electron chi connectivity index (χ1n) is 13.0. The zero-order valence-electron chi connectivity index (χ0n) is 23.4. The molecule has 0 radical (unpaired) electrons. The molecule has 228 valence electrons. The Hall–Kier alpha value is -4.02. The Kier molecular flexibility index (Phi) is 13.9. The van der Waals surface area contributed by atoms with Crippen LogP contribution in [0.3, 0.4) is 0 Å². The lowest BCUT2D eigenvalue weighted by molar-refractivity contribution is -0.150. The minimum absolute atomic E-state index is 0.0835. The summed E-state index contributed by atoms with van der Waals surface area (Å²) in [6.45, 7) is 2.18. The van der Waals surface area contributed by atoms with Gasteiger partial charge in [-0.1, -0.05) is 26.0 Å². The van der Waals surface area contributed by atoms with Crippen molar-refractivity contribution in [2.75, 3.05) is 20.1 Å². The Balaban J connectivity index is 3.70. The second-order valence-electron chi connectivity index (χ2n) is 9.82. The van der Waals surface area contributed by atoms with Crippen LogP contribution in [-0.4, -0.2) is 102 Å². The minimum atomic E-state index is -2.07. The number of Topliss-reactive ketones (excluding diaryl/α,β-unsaturated/α-hetero) is 3. The van der Waals surface area contributed by atoms with Crippen LogP contribution in [-0.2, 0) is 38.4 Å². The molecule has 0 spiro atoms. The van der Waals surface area contributed by atoms with Gasteiger partial charge in [-0.05, 0) is 18.8 Å². The monoisotopic (exact) mass is 580 g/mol. The van der Waals surface area contributed by atoms with Crippen molar-refractivity contribution in [3.8, 4) is 0 Å². The van der Waals surface area contributed by atoms with Crippen molar-refractivity contribution < 1.29 is 38.4 Å². The van der Waals surface area contributed by atoms with Crippen molar-refractivity contribution in [2.24, 2.45) is 28.9 Å². The van der Waals surface area contributed by atoms with E-state index in [4.69, 9.17) is 22.9 Å². The van der Waals surface area contributed by atoms with Crippen LogP contribution in [0.15, 0.2) is 12.2 Å². The average Bonchev–Trinajstić information content (AvgIpc) is 2.94. The van der Waals surface area contributed by atoms with Gasteiger partial charge in [-0.3, -0.25) is 38.4 Å². The summed E-state index contributed by atoms with van der Waals surface area (Å²) in [5.74, 6) is -8.17. The number of nitrogens with one attached hydrogen (secondary N) is 3. The zero-order valence-corrected chi connectivity index (χ0v) is 23.4. The number of nitrogens with zero attached hydrogens (tertiary/aromatic N) is 1.